The summed E-state index contributed by atoms with van der Waals surface area (Å²) >= 11 is 0. The molecule has 0 saturated heterocycles. The highest BCUT2D eigenvalue weighted by Crippen LogP contribution is 2.29. The summed E-state index contributed by atoms with van der Waals surface area (Å²) in [6.45, 7) is 17.0. The first-order valence-electron chi connectivity index (χ1n) is 14.3. The van der Waals surface area contributed by atoms with Crippen LogP contribution in [-0.4, -0.2) is 60.1 Å². The van der Waals surface area contributed by atoms with Gasteiger partial charge in [-0.25, -0.2) is 4.79 Å². The van der Waals surface area contributed by atoms with Crippen LogP contribution >= 0.6 is 0 Å². The van der Waals surface area contributed by atoms with Gasteiger partial charge < -0.3 is 25.0 Å². The lowest BCUT2D eigenvalue weighted by molar-refractivity contribution is -0.147. The van der Waals surface area contributed by atoms with Gasteiger partial charge in [-0.3, -0.25) is 14.4 Å². The normalized spacial score (nSPS) is 13.8. The summed E-state index contributed by atoms with van der Waals surface area (Å²) < 4.78 is 10.2. The van der Waals surface area contributed by atoms with Gasteiger partial charge in [0, 0.05) is 6.04 Å². The van der Waals surface area contributed by atoms with Crippen LogP contribution in [0.25, 0.3) is 0 Å². The fourth-order valence-corrected chi connectivity index (χ4v) is 4.34. The maximum atomic E-state index is 14.4. The van der Waals surface area contributed by atoms with E-state index in [4.69, 9.17) is 9.47 Å². The predicted octanol–water partition coefficient (Wildman–Crippen LogP) is 5.17. The van der Waals surface area contributed by atoms with E-state index in [1.54, 1.807) is 25.7 Å². The molecule has 226 valence electrons. The van der Waals surface area contributed by atoms with E-state index in [9.17, 15) is 19.2 Å². The van der Waals surface area contributed by atoms with Gasteiger partial charge in [0.25, 0.3) is 0 Å². The minimum absolute atomic E-state index is 0.0761. The highest BCUT2D eigenvalue weighted by Gasteiger charge is 2.39. The van der Waals surface area contributed by atoms with Crippen molar-refractivity contribution in [3.05, 3.63) is 35.4 Å². The molecule has 0 fully saturated rings. The molecule has 1 aromatic carbocycles. The number of nitrogens with one attached hydrogen (secondary N) is 2. The number of alkyl carbamates (subject to hydrolysis) is 1. The highest BCUT2D eigenvalue weighted by molar-refractivity contribution is 5.93. The molecule has 0 aliphatic carbocycles. The van der Waals surface area contributed by atoms with Crippen molar-refractivity contribution in [1.29, 1.82) is 0 Å². The molecule has 0 aliphatic rings. The van der Waals surface area contributed by atoms with Crippen molar-refractivity contribution >= 4 is 23.9 Å². The Bertz CT molecular complexity index is 968. The van der Waals surface area contributed by atoms with Crippen LogP contribution in [0.3, 0.4) is 0 Å². The number of hydrogen-bond acceptors (Lipinski definition) is 6. The Balaban J connectivity index is 3.64. The molecule has 1 aromatic rings. The van der Waals surface area contributed by atoms with Gasteiger partial charge in [-0.05, 0) is 76.3 Å². The summed E-state index contributed by atoms with van der Waals surface area (Å²) in [5.41, 5.74) is 0.967. The zero-order valence-electron chi connectivity index (χ0n) is 26.1. The fraction of sp³-hybridized carbons (Fsp3) is 0.677. The van der Waals surface area contributed by atoms with E-state index < -0.39 is 35.7 Å². The molecule has 0 saturated carbocycles. The Morgan fingerprint density at radius 3 is 2.00 bits per heavy atom. The number of nitrogens with zero attached hydrogens (tertiary/aromatic N) is 1. The number of ether oxygens (including phenoxy) is 2. The molecule has 3 unspecified atom stereocenters. The third-order valence-corrected chi connectivity index (χ3v) is 6.45. The Morgan fingerprint density at radius 1 is 0.925 bits per heavy atom. The first kappa shape index (κ1) is 34.9. The van der Waals surface area contributed by atoms with Gasteiger partial charge >= 0.3 is 12.1 Å². The largest absolute Gasteiger partial charge is 0.468 e. The standard InChI is InChI=1S/C31H51N3O6/c1-11-23-14-16-24(17-15-23)27(28(36)32-19-26(35)39-10)34(22(6)13-12-20(2)3)29(37)25(18-21(4)5)33-30(38)40-31(7,8)9/h14-17,20-22,25,27H,11-13,18-19H2,1-10H3,(H,32,36)(H,33,38). The quantitative estimate of drug-likeness (QED) is 0.303. The smallest absolute Gasteiger partial charge is 0.408 e. The van der Waals surface area contributed by atoms with Gasteiger partial charge in [0.05, 0.1) is 7.11 Å². The van der Waals surface area contributed by atoms with Crippen LogP contribution in [-0.2, 0) is 30.3 Å². The van der Waals surface area contributed by atoms with E-state index in [0.29, 0.717) is 24.3 Å². The van der Waals surface area contributed by atoms with E-state index in [2.05, 4.69) is 24.5 Å². The molecule has 0 radical (unpaired) electrons. The molecule has 9 nitrogen and oxygen atoms in total. The summed E-state index contributed by atoms with van der Waals surface area (Å²) in [5, 5.41) is 5.42. The number of rotatable bonds is 14. The fourth-order valence-electron chi connectivity index (χ4n) is 4.34. The molecule has 40 heavy (non-hydrogen) atoms. The van der Waals surface area contributed by atoms with Gasteiger partial charge in [0.2, 0.25) is 11.8 Å². The number of benzene rings is 1. The maximum Gasteiger partial charge on any atom is 0.408 e. The number of hydrogen-bond donors (Lipinski definition) is 2. The Morgan fingerprint density at radius 2 is 1.52 bits per heavy atom. The Labute approximate surface area is 240 Å². The lowest BCUT2D eigenvalue weighted by atomic mass is 9.95. The Kier molecular flexibility index (Phi) is 14.2. The van der Waals surface area contributed by atoms with Crippen LogP contribution in [0, 0.1) is 11.8 Å². The van der Waals surface area contributed by atoms with Crippen molar-refractivity contribution in [2.75, 3.05) is 13.7 Å². The summed E-state index contributed by atoms with van der Waals surface area (Å²) in [5.74, 6) is -1.01. The first-order valence-corrected chi connectivity index (χ1v) is 14.3. The van der Waals surface area contributed by atoms with Crippen molar-refractivity contribution in [1.82, 2.24) is 15.5 Å². The van der Waals surface area contributed by atoms with E-state index in [0.717, 1.165) is 18.4 Å². The van der Waals surface area contributed by atoms with Crippen molar-refractivity contribution in [3.8, 4) is 0 Å². The van der Waals surface area contributed by atoms with Crippen LogP contribution in [0.4, 0.5) is 4.79 Å². The van der Waals surface area contributed by atoms with Gasteiger partial charge in [0.1, 0.15) is 24.2 Å². The molecule has 9 heteroatoms. The van der Waals surface area contributed by atoms with Crippen LogP contribution < -0.4 is 10.6 Å². The minimum atomic E-state index is -1.03. The topological polar surface area (TPSA) is 114 Å². The number of amides is 3. The van der Waals surface area contributed by atoms with Gasteiger partial charge in [-0.1, -0.05) is 58.9 Å². The second-order valence-electron chi connectivity index (χ2n) is 12.2. The summed E-state index contributed by atoms with van der Waals surface area (Å²) in [7, 11) is 1.25. The molecule has 0 aromatic heterocycles. The number of carbonyl (C=O) groups excluding carboxylic acids is 4. The van der Waals surface area contributed by atoms with Crippen molar-refractivity contribution in [2.24, 2.45) is 11.8 Å². The SMILES string of the molecule is CCc1ccc(C(C(=O)NCC(=O)OC)N(C(=O)C(CC(C)C)NC(=O)OC(C)(C)C)C(C)CCC(C)C)cc1. The lowest BCUT2D eigenvalue weighted by Crippen LogP contribution is -2.56. The molecule has 1 rings (SSSR count). The third kappa shape index (κ3) is 12.0. The van der Waals surface area contributed by atoms with Crippen molar-refractivity contribution in [2.45, 2.75) is 112 Å². The molecule has 0 aliphatic heterocycles. The Hall–Kier alpha value is -3.10. The van der Waals surface area contributed by atoms with E-state index in [-0.39, 0.29) is 24.4 Å². The molecule has 3 atom stereocenters. The second kappa shape index (κ2) is 16.2. The van der Waals surface area contributed by atoms with Gasteiger partial charge in [-0.15, -0.1) is 0 Å². The van der Waals surface area contributed by atoms with E-state index >= 15 is 0 Å². The van der Waals surface area contributed by atoms with Crippen molar-refractivity contribution < 1.29 is 28.7 Å². The first-order chi connectivity index (χ1) is 18.6. The second-order valence-corrected chi connectivity index (χ2v) is 12.2. The van der Waals surface area contributed by atoms with E-state index in [1.165, 1.54) is 7.11 Å². The number of carbonyl (C=O) groups is 4. The number of methoxy groups -OCH3 is 1. The molecule has 0 spiro atoms. The monoisotopic (exact) mass is 561 g/mol. The molecule has 0 heterocycles. The molecule has 2 N–H and O–H groups in total. The minimum Gasteiger partial charge on any atom is -0.468 e. The molecular formula is C31H51N3O6. The predicted molar refractivity (Wildman–Crippen MR) is 157 cm³/mol. The average molecular weight is 562 g/mol. The average Bonchev–Trinajstić information content (AvgIpc) is 2.86. The number of esters is 1. The number of aryl methyl sites for hydroxylation is 1. The zero-order chi connectivity index (χ0) is 30.6. The maximum absolute atomic E-state index is 14.4. The highest BCUT2D eigenvalue weighted by atomic mass is 16.6. The summed E-state index contributed by atoms with van der Waals surface area (Å²) in [4.78, 5) is 54.3. The molecule has 0 bridgehead atoms. The van der Waals surface area contributed by atoms with Crippen LogP contribution in [0.5, 0.6) is 0 Å². The molecular weight excluding hydrogens is 510 g/mol. The van der Waals surface area contributed by atoms with Crippen LogP contribution in [0.1, 0.15) is 98.7 Å². The van der Waals surface area contributed by atoms with Crippen LogP contribution in [0.2, 0.25) is 0 Å². The summed E-state index contributed by atoms with van der Waals surface area (Å²) in [6, 6.07) is 5.27. The van der Waals surface area contributed by atoms with Gasteiger partial charge in [-0.2, -0.15) is 0 Å². The summed E-state index contributed by atoms with van der Waals surface area (Å²) in [6.07, 6.45) is 1.98. The zero-order valence-corrected chi connectivity index (χ0v) is 26.1. The van der Waals surface area contributed by atoms with E-state index in [1.807, 2.05) is 52.0 Å². The van der Waals surface area contributed by atoms with Crippen LogP contribution in [0.15, 0.2) is 24.3 Å². The third-order valence-electron chi connectivity index (χ3n) is 6.45. The van der Waals surface area contributed by atoms with Gasteiger partial charge in [0.15, 0.2) is 0 Å². The van der Waals surface area contributed by atoms with Crippen molar-refractivity contribution in [3.63, 3.8) is 0 Å². The lowest BCUT2D eigenvalue weighted by Gasteiger charge is -2.39. The molecule has 3 amide bonds.